The van der Waals surface area contributed by atoms with Gasteiger partial charge in [-0.05, 0) is 93.9 Å². The summed E-state index contributed by atoms with van der Waals surface area (Å²) >= 11 is 0. The van der Waals surface area contributed by atoms with Gasteiger partial charge in [0.05, 0.1) is 13.7 Å². The predicted octanol–water partition coefficient (Wildman–Crippen LogP) is 6.70. The Bertz CT molecular complexity index is 1750. The van der Waals surface area contributed by atoms with Crippen molar-refractivity contribution in [2.24, 2.45) is 0 Å². The van der Waals surface area contributed by atoms with E-state index in [0.717, 1.165) is 48.9 Å². The van der Waals surface area contributed by atoms with Crippen LogP contribution < -0.4 is 25.5 Å². The number of hydrogen-bond acceptors (Lipinski definition) is 5. The summed E-state index contributed by atoms with van der Waals surface area (Å²) in [6.45, 7) is -0.200. The van der Waals surface area contributed by atoms with Gasteiger partial charge in [0.2, 0.25) is 16.6 Å². The first kappa shape index (κ1) is 35.9. The smallest absolute Gasteiger partial charge is 0.245 e. The van der Waals surface area contributed by atoms with Crippen LogP contribution in [-0.4, -0.2) is 39.1 Å². The van der Waals surface area contributed by atoms with Gasteiger partial charge in [0.1, 0.15) is 5.75 Å². The molecule has 0 aliphatic carbocycles. The minimum absolute atomic E-state index is 0.120. The minimum Gasteiger partial charge on any atom is -0.508 e. The molecule has 6 rings (SSSR count). The zero-order valence-corrected chi connectivity index (χ0v) is 31.1. The molecule has 6 aromatic carbocycles. The third-order valence-corrected chi connectivity index (χ3v) is 19.8. The Hall–Kier alpha value is -4.93. The van der Waals surface area contributed by atoms with Gasteiger partial charge in [-0.1, -0.05) is 133 Å². The third-order valence-electron chi connectivity index (χ3n) is 9.86. The molecule has 0 fully saturated rings. The van der Waals surface area contributed by atoms with Gasteiger partial charge < -0.3 is 24.2 Å². The number of aryl methyl sites for hydroxylation is 2. The van der Waals surface area contributed by atoms with E-state index in [0.29, 0.717) is 11.3 Å². The molecule has 260 valence electrons. The Kier molecular flexibility index (Phi) is 11.9. The molecule has 0 saturated carbocycles. The summed E-state index contributed by atoms with van der Waals surface area (Å²) in [5, 5.41) is 35.3. The Morgan fingerprint density at radius 1 is 0.490 bits per heavy atom. The molecule has 0 bridgehead atoms. The average molecular weight is 711 g/mol. The lowest BCUT2D eigenvalue weighted by Gasteiger charge is -2.44. The van der Waals surface area contributed by atoms with Gasteiger partial charge in [-0.3, -0.25) is 0 Å². The summed E-state index contributed by atoms with van der Waals surface area (Å²) in [5.74, 6) is 0.745. The van der Waals surface area contributed by atoms with Crippen molar-refractivity contribution in [3.8, 4) is 17.2 Å². The highest BCUT2D eigenvalue weighted by atomic mass is 28.4. The maximum atomic E-state index is 10.3. The fourth-order valence-corrected chi connectivity index (χ4v) is 18.4. The Labute approximate surface area is 303 Å². The topological polar surface area (TPSA) is 79.2 Å². The van der Waals surface area contributed by atoms with Crippen molar-refractivity contribution in [3.05, 3.63) is 174 Å². The van der Waals surface area contributed by atoms with Crippen LogP contribution in [0.2, 0.25) is 12.1 Å². The number of hydrogen-bond donors (Lipinski definition) is 3. The quantitative estimate of drug-likeness (QED) is 0.0976. The van der Waals surface area contributed by atoms with Crippen LogP contribution >= 0.6 is 0 Å². The van der Waals surface area contributed by atoms with Crippen molar-refractivity contribution in [2.75, 3.05) is 7.11 Å². The van der Waals surface area contributed by atoms with Gasteiger partial charge in [0.25, 0.3) is 0 Å². The Morgan fingerprint density at radius 3 is 1.27 bits per heavy atom. The largest absolute Gasteiger partial charge is 0.508 e. The zero-order chi connectivity index (χ0) is 35.5. The second kappa shape index (κ2) is 16.9. The molecule has 0 aromatic heterocycles. The lowest BCUT2D eigenvalue weighted by Crippen LogP contribution is -2.72. The van der Waals surface area contributed by atoms with E-state index in [-0.39, 0.29) is 18.1 Å². The lowest BCUT2D eigenvalue weighted by molar-refractivity contribution is 0.275. The molecule has 6 aromatic rings. The van der Waals surface area contributed by atoms with Crippen molar-refractivity contribution in [3.63, 3.8) is 0 Å². The second-order valence-electron chi connectivity index (χ2n) is 13.1. The normalized spacial score (nSPS) is 11.7. The summed E-state index contributed by atoms with van der Waals surface area (Å²) < 4.78 is 13.7. The van der Waals surface area contributed by atoms with Gasteiger partial charge in [-0.15, -0.1) is 0 Å². The van der Waals surface area contributed by atoms with Gasteiger partial charge in [0, 0.05) is 5.56 Å². The summed E-state index contributed by atoms with van der Waals surface area (Å²) in [4.78, 5) is 0. The first-order chi connectivity index (χ1) is 25.0. The van der Waals surface area contributed by atoms with E-state index in [9.17, 15) is 15.3 Å². The molecule has 0 amide bonds. The number of aromatic hydroxyl groups is 2. The van der Waals surface area contributed by atoms with Crippen molar-refractivity contribution >= 4 is 37.4 Å². The predicted molar refractivity (Wildman–Crippen MR) is 212 cm³/mol. The van der Waals surface area contributed by atoms with E-state index < -0.39 is 16.6 Å². The second-order valence-corrected chi connectivity index (χ2v) is 20.5. The summed E-state index contributed by atoms with van der Waals surface area (Å²) in [6, 6.07) is 56.2. The van der Waals surface area contributed by atoms with Crippen LogP contribution in [0.1, 0.15) is 29.5 Å². The van der Waals surface area contributed by atoms with Crippen molar-refractivity contribution in [2.45, 2.75) is 44.4 Å². The number of ether oxygens (including phenoxy) is 1. The van der Waals surface area contributed by atoms with E-state index in [1.54, 1.807) is 19.2 Å². The summed E-state index contributed by atoms with van der Waals surface area (Å²) in [5.41, 5.74) is 2.74. The fraction of sp³-hybridized carbons (Fsp3) is 0.182. The van der Waals surface area contributed by atoms with Gasteiger partial charge in [-0.2, -0.15) is 0 Å². The van der Waals surface area contributed by atoms with Crippen LogP contribution in [0.15, 0.2) is 158 Å². The standard InChI is InChI=1S/C44H46O5Si2/c1-48-44-33-36(27-29-43(44)47)17-15-31-51(40-22-10-4-11-23-40,41-24-12-5-13-25-41)49-50(38-18-6-2-7-19-38,39-20-8-3-9-21-39)30-14-16-35-26-28-42(46)37(32-35)34-45/h2-13,18-29,32-33,45-47H,14-17,30-31,34H2,1H3. The van der Waals surface area contributed by atoms with Crippen LogP contribution in [0.5, 0.6) is 17.2 Å². The molecule has 0 aliphatic rings. The number of phenolic OH excluding ortho intramolecular Hbond substituents is 1. The average Bonchev–Trinajstić information content (AvgIpc) is 3.19. The maximum absolute atomic E-state index is 10.3. The van der Waals surface area contributed by atoms with Crippen molar-refractivity contribution in [1.29, 1.82) is 0 Å². The van der Waals surface area contributed by atoms with Crippen LogP contribution in [0.3, 0.4) is 0 Å². The van der Waals surface area contributed by atoms with E-state index in [1.807, 2.05) is 24.3 Å². The highest BCUT2D eigenvalue weighted by Crippen LogP contribution is 2.30. The lowest BCUT2D eigenvalue weighted by atomic mass is 10.1. The highest BCUT2D eigenvalue weighted by molar-refractivity contribution is 7.09. The Balaban J connectivity index is 1.48. The number of aliphatic hydroxyl groups excluding tert-OH is 1. The molecule has 3 N–H and O–H groups in total. The first-order valence-corrected chi connectivity index (χ1v) is 21.9. The van der Waals surface area contributed by atoms with E-state index >= 15 is 0 Å². The molecule has 0 unspecified atom stereocenters. The van der Waals surface area contributed by atoms with E-state index in [2.05, 4.69) is 121 Å². The number of rotatable bonds is 16. The van der Waals surface area contributed by atoms with E-state index in [1.165, 1.54) is 20.7 Å². The molecule has 0 spiro atoms. The number of aliphatic hydroxyl groups is 1. The van der Waals surface area contributed by atoms with Crippen LogP contribution in [-0.2, 0) is 23.6 Å². The molecule has 51 heavy (non-hydrogen) atoms. The monoisotopic (exact) mass is 710 g/mol. The van der Waals surface area contributed by atoms with Gasteiger partial charge in [-0.25, -0.2) is 0 Å². The van der Waals surface area contributed by atoms with Crippen LogP contribution in [0.4, 0.5) is 0 Å². The van der Waals surface area contributed by atoms with Crippen molar-refractivity contribution < 1.29 is 24.2 Å². The third kappa shape index (κ3) is 8.19. The highest BCUT2D eigenvalue weighted by Gasteiger charge is 2.49. The molecule has 0 heterocycles. The minimum atomic E-state index is -2.98. The molecule has 0 atom stereocenters. The Morgan fingerprint density at radius 2 is 0.882 bits per heavy atom. The first-order valence-electron chi connectivity index (χ1n) is 17.7. The van der Waals surface area contributed by atoms with Gasteiger partial charge in [0.15, 0.2) is 11.5 Å². The molecule has 5 nitrogen and oxygen atoms in total. The number of methoxy groups -OCH3 is 1. The molecular weight excluding hydrogens is 665 g/mol. The SMILES string of the molecule is COc1cc(CCC[Si](O[Si](CCCc2ccc(O)c(CO)c2)(c2ccccc2)c2ccccc2)(c2ccccc2)c2ccccc2)ccc1O. The fourth-order valence-electron chi connectivity index (χ4n) is 7.26. The molecular formula is C44H46O5Si2. The summed E-state index contributed by atoms with van der Waals surface area (Å²) in [6.07, 6.45) is 3.36. The molecule has 7 heteroatoms. The number of benzene rings is 6. The molecule has 0 radical (unpaired) electrons. The molecule has 0 aliphatic heterocycles. The van der Waals surface area contributed by atoms with Crippen LogP contribution in [0, 0.1) is 0 Å². The zero-order valence-electron chi connectivity index (χ0n) is 29.1. The van der Waals surface area contributed by atoms with Crippen LogP contribution in [0.25, 0.3) is 0 Å². The van der Waals surface area contributed by atoms with Crippen molar-refractivity contribution in [1.82, 2.24) is 0 Å². The number of phenols is 2. The maximum Gasteiger partial charge on any atom is 0.245 e. The summed E-state index contributed by atoms with van der Waals surface area (Å²) in [7, 11) is -4.37. The molecule has 0 saturated heterocycles. The van der Waals surface area contributed by atoms with Gasteiger partial charge >= 0.3 is 0 Å². The van der Waals surface area contributed by atoms with E-state index in [4.69, 9.17) is 8.85 Å².